The van der Waals surface area contributed by atoms with Crippen molar-refractivity contribution in [1.82, 2.24) is 4.72 Å². The number of methoxy groups -OCH3 is 1. The van der Waals surface area contributed by atoms with Gasteiger partial charge < -0.3 is 19.5 Å². The molecule has 8 nitrogen and oxygen atoms in total. The molecule has 3 aliphatic carbocycles. The number of fused-ring (bicyclic) bond motifs is 4. The van der Waals surface area contributed by atoms with Crippen molar-refractivity contribution in [3.63, 3.8) is 0 Å². The number of aryl methyl sites for hydroxylation is 1. The van der Waals surface area contributed by atoms with E-state index in [4.69, 9.17) is 21.1 Å². The number of hydrogen-bond donors (Lipinski definition) is 2. The number of carbonyl (C=O) groups excluding carboxylic acids is 1. The fraction of sp³-hybridized carbons (Fsp3) is 0.571. The van der Waals surface area contributed by atoms with E-state index in [1.807, 2.05) is 18.2 Å². The van der Waals surface area contributed by atoms with Gasteiger partial charge in [0.05, 0.1) is 24.5 Å². The van der Waals surface area contributed by atoms with Gasteiger partial charge in [-0.15, -0.1) is 0 Å². The Balaban J connectivity index is 1.28. The molecule has 0 radical (unpaired) electrons. The number of aliphatic hydroxyl groups is 1. The highest BCUT2D eigenvalue weighted by Crippen LogP contribution is 2.47. The van der Waals surface area contributed by atoms with Crippen molar-refractivity contribution in [3.8, 4) is 5.75 Å². The van der Waals surface area contributed by atoms with Gasteiger partial charge in [-0.05, 0) is 104 Å². The second-order valence-electron chi connectivity index (χ2n) is 13.9. The van der Waals surface area contributed by atoms with Crippen LogP contribution in [-0.4, -0.2) is 63.7 Å². The molecule has 2 fully saturated rings. The number of ether oxygens (including phenoxy) is 2. The van der Waals surface area contributed by atoms with Crippen LogP contribution < -0.4 is 14.4 Å². The lowest BCUT2D eigenvalue weighted by Gasteiger charge is -2.45. The molecule has 2 aliphatic heterocycles. The highest BCUT2D eigenvalue weighted by Gasteiger charge is 2.45. The Morgan fingerprint density at radius 1 is 1.16 bits per heavy atom. The van der Waals surface area contributed by atoms with Gasteiger partial charge in [0, 0.05) is 36.2 Å². The number of nitrogens with one attached hydrogen (secondary N) is 1. The summed E-state index contributed by atoms with van der Waals surface area (Å²) in [5.74, 6) is 0.684. The van der Waals surface area contributed by atoms with E-state index < -0.39 is 33.4 Å². The summed E-state index contributed by atoms with van der Waals surface area (Å²) >= 11 is 6.41. The van der Waals surface area contributed by atoms with Crippen molar-refractivity contribution in [2.24, 2.45) is 17.8 Å². The number of benzene rings is 2. The van der Waals surface area contributed by atoms with E-state index in [-0.39, 0.29) is 22.8 Å². The van der Waals surface area contributed by atoms with Crippen molar-refractivity contribution in [3.05, 3.63) is 70.3 Å². The number of rotatable bonds is 3. The minimum atomic E-state index is -4.06. The fourth-order valence-corrected chi connectivity index (χ4v) is 10.00. The maximum atomic E-state index is 13.8. The smallest absolute Gasteiger partial charge is 0.264 e. The largest absolute Gasteiger partial charge is 0.490 e. The molecule has 7 rings (SSSR count). The minimum absolute atomic E-state index is 0.0913. The molecule has 0 aromatic heterocycles. The van der Waals surface area contributed by atoms with Crippen LogP contribution in [0.5, 0.6) is 5.75 Å². The van der Waals surface area contributed by atoms with Gasteiger partial charge in [-0.25, -0.2) is 13.1 Å². The summed E-state index contributed by atoms with van der Waals surface area (Å²) in [5.41, 5.74) is 3.29. The SMILES string of the molecule is CO[C@H]1C/C=C\[C@H](O)[C@@H]2CC[C@H]2CN2C[C@@]3(CCCc4cc(Cl)ccc43)COc3ccc(cc32)C(=O)NS(=O)(=O)[C@H]1CC1CC1. The molecule has 6 atom stereocenters. The molecule has 10 heteroatoms. The fourth-order valence-electron chi connectivity index (χ4n) is 8.13. The normalized spacial score (nSPS) is 33.5. The van der Waals surface area contributed by atoms with E-state index in [0.29, 0.717) is 44.2 Å². The summed E-state index contributed by atoms with van der Waals surface area (Å²) < 4.78 is 42.2. The zero-order valence-corrected chi connectivity index (χ0v) is 27.4. The summed E-state index contributed by atoms with van der Waals surface area (Å²) in [5, 5.41) is 11.1. The van der Waals surface area contributed by atoms with Crippen LogP contribution in [0.2, 0.25) is 5.02 Å². The van der Waals surface area contributed by atoms with Crippen molar-refractivity contribution in [2.45, 2.75) is 80.7 Å². The summed E-state index contributed by atoms with van der Waals surface area (Å²) in [6, 6.07) is 11.4. The molecule has 5 aliphatic rings. The number of amides is 1. The third-order valence-corrected chi connectivity index (χ3v) is 13.0. The first-order chi connectivity index (χ1) is 21.7. The molecule has 1 amide bonds. The van der Waals surface area contributed by atoms with Gasteiger partial charge in [0.25, 0.3) is 5.91 Å². The lowest BCUT2D eigenvalue weighted by molar-refractivity contribution is 0.0451. The number of halogens is 1. The summed E-state index contributed by atoms with van der Waals surface area (Å²) in [4.78, 5) is 16.0. The monoisotopic (exact) mass is 654 g/mol. The summed E-state index contributed by atoms with van der Waals surface area (Å²) in [7, 11) is -2.55. The van der Waals surface area contributed by atoms with Gasteiger partial charge in [0.15, 0.2) is 0 Å². The van der Waals surface area contributed by atoms with Gasteiger partial charge in [-0.2, -0.15) is 0 Å². The summed E-state index contributed by atoms with van der Waals surface area (Å²) in [6.07, 6.45) is 10.0. The van der Waals surface area contributed by atoms with Crippen LogP contribution in [0.25, 0.3) is 0 Å². The second kappa shape index (κ2) is 12.2. The zero-order valence-electron chi connectivity index (χ0n) is 25.8. The number of hydrogen-bond acceptors (Lipinski definition) is 7. The Morgan fingerprint density at radius 3 is 2.76 bits per heavy atom. The Morgan fingerprint density at radius 2 is 2.00 bits per heavy atom. The molecule has 242 valence electrons. The molecule has 2 saturated carbocycles. The Hall–Kier alpha value is -2.59. The topological polar surface area (TPSA) is 105 Å². The van der Waals surface area contributed by atoms with E-state index in [0.717, 1.165) is 55.7 Å². The van der Waals surface area contributed by atoms with Crippen molar-refractivity contribution in [2.75, 3.05) is 31.7 Å². The predicted octanol–water partition coefficient (Wildman–Crippen LogP) is 5.40. The number of nitrogens with zero attached hydrogens (tertiary/aromatic N) is 1. The molecular formula is C35H43ClN2O6S. The Kier molecular flexibility index (Phi) is 8.42. The first kappa shape index (κ1) is 31.0. The molecule has 1 spiro atoms. The van der Waals surface area contributed by atoms with Crippen molar-refractivity contribution < 1.29 is 27.8 Å². The lowest BCUT2D eigenvalue weighted by Crippen LogP contribution is -2.49. The molecular weight excluding hydrogens is 612 g/mol. The first-order valence-electron chi connectivity index (χ1n) is 16.4. The van der Waals surface area contributed by atoms with E-state index >= 15 is 0 Å². The van der Waals surface area contributed by atoms with E-state index in [2.05, 4.69) is 21.8 Å². The van der Waals surface area contributed by atoms with E-state index in [1.165, 1.54) is 18.2 Å². The molecule has 2 bridgehead atoms. The molecule has 2 heterocycles. The van der Waals surface area contributed by atoms with Gasteiger partial charge in [-0.3, -0.25) is 4.79 Å². The summed E-state index contributed by atoms with van der Waals surface area (Å²) in [6.45, 7) is 1.88. The van der Waals surface area contributed by atoms with Gasteiger partial charge in [-0.1, -0.05) is 42.7 Å². The standard InChI is InChI=1S/C35H43ClN2O6S/c1-43-32-6-2-5-30(39)27-12-9-25(27)19-38-20-35(15-3-4-23-17-26(36)11-13-28(23)35)21-44-31-14-10-24(18-29(31)38)34(40)37-45(41,42)33(32)16-22-7-8-22/h2,5,10-11,13-14,17-18,22,25,27,30,32-33,39H,3-4,6-9,12,15-16,19-21H2,1H3,(H,37,40)/b5-2-/t25-,27+,30-,32-,33-,35-/m0/s1. The number of sulfonamides is 1. The van der Waals surface area contributed by atoms with E-state index in [1.54, 1.807) is 18.2 Å². The number of anilines is 1. The molecule has 0 saturated heterocycles. The van der Waals surface area contributed by atoms with Crippen molar-refractivity contribution in [1.29, 1.82) is 0 Å². The van der Waals surface area contributed by atoms with Crippen LogP contribution in [-0.2, 0) is 26.6 Å². The van der Waals surface area contributed by atoms with Crippen molar-refractivity contribution >= 4 is 33.2 Å². The van der Waals surface area contributed by atoms with Crippen LogP contribution in [0.4, 0.5) is 5.69 Å². The van der Waals surface area contributed by atoms with E-state index in [9.17, 15) is 18.3 Å². The lowest BCUT2D eigenvalue weighted by atomic mass is 9.68. The minimum Gasteiger partial charge on any atom is -0.490 e. The third kappa shape index (κ3) is 6.13. The van der Waals surface area contributed by atoms with Gasteiger partial charge in [0.2, 0.25) is 10.0 Å². The maximum absolute atomic E-state index is 13.8. The molecule has 2 N–H and O–H groups in total. The van der Waals surface area contributed by atoms with Gasteiger partial charge in [0.1, 0.15) is 11.0 Å². The number of carbonyl (C=O) groups is 1. The van der Waals surface area contributed by atoms with Crippen LogP contribution in [0.3, 0.4) is 0 Å². The van der Waals surface area contributed by atoms with Gasteiger partial charge >= 0.3 is 0 Å². The molecule has 2 aromatic rings. The van der Waals surface area contributed by atoms with Crippen LogP contribution in [0, 0.1) is 17.8 Å². The Labute approximate surface area is 271 Å². The first-order valence-corrected chi connectivity index (χ1v) is 18.3. The highest BCUT2D eigenvalue weighted by molar-refractivity contribution is 7.90. The highest BCUT2D eigenvalue weighted by atomic mass is 35.5. The third-order valence-electron chi connectivity index (χ3n) is 11.0. The predicted molar refractivity (Wildman–Crippen MR) is 175 cm³/mol. The zero-order chi connectivity index (χ0) is 31.3. The maximum Gasteiger partial charge on any atom is 0.264 e. The van der Waals surface area contributed by atoms with Crippen LogP contribution in [0.1, 0.15) is 72.9 Å². The quantitative estimate of drug-likeness (QED) is 0.427. The second-order valence-corrected chi connectivity index (χ2v) is 16.2. The van der Waals surface area contributed by atoms with Crippen LogP contribution >= 0.6 is 11.6 Å². The average Bonchev–Trinajstić information content (AvgIpc) is 3.83. The average molecular weight is 655 g/mol. The number of aliphatic hydroxyl groups excluding tert-OH is 1. The van der Waals surface area contributed by atoms with Crippen LogP contribution in [0.15, 0.2) is 48.6 Å². The molecule has 2 aromatic carbocycles. The molecule has 45 heavy (non-hydrogen) atoms. The Bertz CT molecular complexity index is 1590. The molecule has 0 unspecified atom stereocenters.